The molecule has 2 aromatic carbocycles. The average molecular weight is 453 g/mol. The predicted molar refractivity (Wildman–Crippen MR) is 131 cm³/mol. The second-order valence-electron chi connectivity index (χ2n) is 8.02. The van der Waals surface area contributed by atoms with Crippen molar-refractivity contribution in [3.63, 3.8) is 0 Å². The van der Waals surface area contributed by atoms with Crippen LogP contribution in [0.2, 0.25) is 0 Å². The Bertz CT molecular complexity index is 1390. The number of allylic oxidation sites excluding steroid dienone is 1. The minimum atomic E-state index is -0.252. The van der Waals surface area contributed by atoms with E-state index in [4.69, 9.17) is 10.5 Å². The molecule has 1 aliphatic rings. The zero-order valence-electron chi connectivity index (χ0n) is 18.5. The molecule has 0 aliphatic heterocycles. The van der Waals surface area contributed by atoms with Gasteiger partial charge >= 0.3 is 0 Å². The normalized spacial score (nSPS) is 13.9. The first-order valence-electron chi connectivity index (χ1n) is 11.1. The number of para-hydroxylation sites is 1. The fraction of sp³-hybridized carbons (Fsp3) is 0.154. The summed E-state index contributed by atoms with van der Waals surface area (Å²) in [5, 5.41) is 8.93. The van der Waals surface area contributed by atoms with E-state index in [-0.39, 0.29) is 11.1 Å². The van der Waals surface area contributed by atoms with Crippen molar-refractivity contribution in [2.45, 2.75) is 12.8 Å². The molecule has 4 aromatic rings. The Morgan fingerprint density at radius 2 is 1.94 bits per heavy atom. The molecule has 2 heterocycles. The number of ether oxygens (including phenoxy) is 1. The summed E-state index contributed by atoms with van der Waals surface area (Å²) in [5.41, 5.74) is 8.26. The molecular formula is C26H24N6O2. The maximum absolute atomic E-state index is 12.8. The molecule has 5 rings (SSSR count). The number of hydrogen-bond donors (Lipinski definition) is 1. The van der Waals surface area contributed by atoms with Crippen LogP contribution in [0.3, 0.4) is 0 Å². The maximum atomic E-state index is 12.8. The minimum absolute atomic E-state index is 0.192. The van der Waals surface area contributed by atoms with Gasteiger partial charge in [-0.15, -0.1) is 0 Å². The molecule has 0 atom stereocenters. The van der Waals surface area contributed by atoms with Gasteiger partial charge in [-0.05, 0) is 61.4 Å². The minimum Gasteiger partial charge on any atom is -0.491 e. The van der Waals surface area contributed by atoms with Crippen molar-refractivity contribution in [3.05, 3.63) is 107 Å². The second kappa shape index (κ2) is 9.58. The molecule has 2 N–H and O–H groups in total. The highest BCUT2D eigenvalue weighted by atomic mass is 16.5. The van der Waals surface area contributed by atoms with E-state index < -0.39 is 0 Å². The predicted octanol–water partition coefficient (Wildman–Crippen LogP) is 3.80. The molecule has 8 nitrogen and oxygen atoms in total. The third-order valence-corrected chi connectivity index (χ3v) is 5.44. The van der Waals surface area contributed by atoms with Crippen LogP contribution in [-0.2, 0) is 0 Å². The lowest BCUT2D eigenvalue weighted by Crippen LogP contribution is -2.21. The maximum Gasteiger partial charge on any atom is 0.209 e. The highest BCUT2D eigenvalue weighted by Crippen LogP contribution is 2.32. The van der Waals surface area contributed by atoms with Crippen LogP contribution in [0.25, 0.3) is 11.4 Å². The molecule has 0 amide bonds. The van der Waals surface area contributed by atoms with Gasteiger partial charge in [-0.2, -0.15) is 10.2 Å². The van der Waals surface area contributed by atoms with Gasteiger partial charge in [-0.1, -0.05) is 18.2 Å². The van der Waals surface area contributed by atoms with Gasteiger partial charge in [-0.25, -0.2) is 14.4 Å². The number of aliphatic imine (C=N–C) groups is 1. The summed E-state index contributed by atoms with van der Waals surface area (Å²) in [4.78, 5) is 17.3. The summed E-state index contributed by atoms with van der Waals surface area (Å²) in [6.07, 6.45) is 10.5. The molecule has 0 unspecified atom stereocenters. The van der Waals surface area contributed by atoms with E-state index in [2.05, 4.69) is 15.2 Å². The number of benzene rings is 2. The standard InChI is InChI=1S/C26H24N6O2/c27-13-11-22(29-20-5-2-1-3-6-20)26-24(33)12-16-32(30-26)23-10-9-21(31-15-4-14-28-31)17-25(23)34-18-19-7-8-19/h1-6,9-17,19H,7-8,18,27H2. The molecule has 0 spiro atoms. The molecule has 0 saturated heterocycles. The summed E-state index contributed by atoms with van der Waals surface area (Å²) in [7, 11) is 0. The molecular weight excluding hydrogens is 428 g/mol. The lowest BCUT2D eigenvalue weighted by molar-refractivity contribution is 0.298. The largest absolute Gasteiger partial charge is 0.491 e. The molecule has 34 heavy (non-hydrogen) atoms. The summed E-state index contributed by atoms with van der Waals surface area (Å²) in [6, 6.07) is 18.5. The van der Waals surface area contributed by atoms with Crippen LogP contribution in [0.1, 0.15) is 18.5 Å². The number of nitrogens with zero attached hydrogens (tertiary/aromatic N) is 5. The smallest absolute Gasteiger partial charge is 0.209 e. The first kappa shape index (κ1) is 21.4. The highest BCUT2D eigenvalue weighted by molar-refractivity contribution is 6.08. The summed E-state index contributed by atoms with van der Waals surface area (Å²) in [6.45, 7) is 0.638. The monoisotopic (exact) mass is 452 g/mol. The van der Waals surface area contributed by atoms with Gasteiger partial charge in [0.2, 0.25) is 5.43 Å². The zero-order chi connectivity index (χ0) is 23.3. The van der Waals surface area contributed by atoms with Crippen LogP contribution in [0.4, 0.5) is 5.69 Å². The third kappa shape index (κ3) is 4.80. The average Bonchev–Trinajstić information content (AvgIpc) is 3.53. The van der Waals surface area contributed by atoms with E-state index in [0.717, 1.165) is 5.69 Å². The van der Waals surface area contributed by atoms with Crippen LogP contribution in [0.15, 0.2) is 101 Å². The number of hydrogen-bond acceptors (Lipinski definition) is 6. The molecule has 170 valence electrons. The van der Waals surface area contributed by atoms with Gasteiger partial charge in [-0.3, -0.25) is 4.79 Å². The molecule has 2 aromatic heterocycles. The SMILES string of the molecule is NC=CC(=Nc1ccccc1)c1nn(-c2ccc(-n3cccn3)cc2OCC2CC2)ccc1=O. The number of rotatable bonds is 8. The van der Waals surface area contributed by atoms with Crippen molar-refractivity contribution >= 4 is 11.4 Å². The molecule has 1 fully saturated rings. The van der Waals surface area contributed by atoms with Crippen LogP contribution in [-0.4, -0.2) is 31.9 Å². The van der Waals surface area contributed by atoms with E-state index in [1.807, 2.05) is 60.8 Å². The van der Waals surface area contributed by atoms with Crippen molar-refractivity contribution in [1.29, 1.82) is 0 Å². The Hall–Kier alpha value is -4.46. The highest BCUT2D eigenvalue weighted by Gasteiger charge is 2.23. The lowest BCUT2D eigenvalue weighted by atomic mass is 10.2. The van der Waals surface area contributed by atoms with E-state index in [0.29, 0.717) is 35.4 Å². The third-order valence-electron chi connectivity index (χ3n) is 5.44. The lowest BCUT2D eigenvalue weighted by Gasteiger charge is -2.15. The van der Waals surface area contributed by atoms with E-state index in [9.17, 15) is 4.79 Å². The molecule has 0 bridgehead atoms. The number of nitrogens with two attached hydrogens (primary N) is 1. The van der Waals surface area contributed by atoms with Crippen molar-refractivity contribution in [3.8, 4) is 17.1 Å². The van der Waals surface area contributed by atoms with E-state index in [1.165, 1.54) is 25.1 Å². The zero-order valence-corrected chi connectivity index (χ0v) is 18.5. The Kier molecular flexibility index (Phi) is 6.03. The van der Waals surface area contributed by atoms with Crippen LogP contribution in [0.5, 0.6) is 5.75 Å². The quantitative estimate of drug-likeness (QED) is 0.410. The Labute approximate surface area is 196 Å². The van der Waals surface area contributed by atoms with Crippen molar-refractivity contribution in [2.75, 3.05) is 6.61 Å². The van der Waals surface area contributed by atoms with E-state index in [1.54, 1.807) is 27.8 Å². The Balaban J connectivity index is 1.57. The summed E-state index contributed by atoms with van der Waals surface area (Å²) in [5.74, 6) is 1.25. The fourth-order valence-corrected chi connectivity index (χ4v) is 3.49. The van der Waals surface area contributed by atoms with Gasteiger partial charge in [0.1, 0.15) is 11.4 Å². The van der Waals surface area contributed by atoms with Crippen LogP contribution < -0.4 is 15.9 Å². The van der Waals surface area contributed by atoms with Crippen LogP contribution in [0, 0.1) is 5.92 Å². The molecule has 1 saturated carbocycles. The van der Waals surface area contributed by atoms with Crippen LogP contribution >= 0.6 is 0 Å². The Morgan fingerprint density at radius 1 is 1.09 bits per heavy atom. The topological polar surface area (TPSA) is 100 Å². The summed E-state index contributed by atoms with van der Waals surface area (Å²) >= 11 is 0. The fourth-order valence-electron chi connectivity index (χ4n) is 3.49. The Morgan fingerprint density at radius 3 is 2.68 bits per heavy atom. The van der Waals surface area contributed by atoms with Gasteiger partial charge in [0.15, 0.2) is 5.69 Å². The van der Waals surface area contributed by atoms with Crippen molar-refractivity contribution < 1.29 is 4.74 Å². The first-order chi connectivity index (χ1) is 16.7. The van der Waals surface area contributed by atoms with Gasteiger partial charge in [0, 0.05) is 30.7 Å². The van der Waals surface area contributed by atoms with Crippen molar-refractivity contribution in [1.82, 2.24) is 19.6 Å². The summed E-state index contributed by atoms with van der Waals surface area (Å²) < 4.78 is 9.59. The van der Waals surface area contributed by atoms with E-state index >= 15 is 0 Å². The van der Waals surface area contributed by atoms with Crippen molar-refractivity contribution in [2.24, 2.45) is 16.6 Å². The van der Waals surface area contributed by atoms with Gasteiger partial charge < -0.3 is 10.5 Å². The number of aromatic nitrogens is 4. The second-order valence-corrected chi connectivity index (χ2v) is 8.02. The first-order valence-corrected chi connectivity index (χ1v) is 11.1. The molecule has 0 radical (unpaired) electrons. The van der Waals surface area contributed by atoms with Gasteiger partial charge in [0.25, 0.3) is 0 Å². The molecule has 8 heteroatoms. The van der Waals surface area contributed by atoms with Gasteiger partial charge in [0.05, 0.1) is 23.7 Å². The molecule has 1 aliphatic carbocycles.